The normalized spacial score (nSPS) is 17.8. The molecule has 1 aliphatic rings. The van der Waals surface area contributed by atoms with E-state index < -0.39 is 0 Å². The van der Waals surface area contributed by atoms with Crippen LogP contribution in [0.1, 0.15) is 18.8 Å². The van der Waals surface area contributed by atoms with Gasteiger partial charge >= 0.3 is 0 Å². The Hall–Kier alpha value is -0.800. The fraction of sp³-hybridized carbons (Fsp3) is 0.636. The van der Waals surface area contributed by atoms with Crippen molar-refractivity contribution in [2.75, 3.05) is 26.3 Å². The Balaban J connectivity index is 0.000000980. The zero-order valence-corrected chi connectivity index (χ0v) is 7.95. The van der Waals surface area contributed by atoms with Crippen molar-refractivity contribution in [1.29, 1.82) is 0 Å². The van der Waals surface area contributed by atoms with Crippen molar-refractivity contribution in [2.24, 2.45) is 0 Å². The summed E-state index contributed by atoms with van der Waals surface area (Å²) in [7, 11) is 0. The van der Waals surface area contributed by atoms with E-state index in [1.54, 1.807) is 6.26 Å². The number of rotatable bonds is 2. The Morgan fingerprint density at radius 3 is 2.64 bits per heavy atom. The smallest absolute Gasteiger partial charge is 0.120 e. The summed E-state index contributed by atoms with van der Waals surface area (Å²) < 4.78 is 10.7. The Bertz CT molecular complexity index is 264. The van der Waals surface area contributed by atoms with Crippen molar-refractivity contribution in [1.82, 2.24) is 4.90 Å². The maximum absolute atomic E-state index is 5.38. The van der Waals surface area contributed by atoms with Crippen molar-refractivity contribution in [3.05, 3.63) is 23.7 Å². The number of nitrogens with zero attached hydrogens (tertiary/aromatic N) is 1. The Labute approximate surface area is 85.7 Å². The molecule has 1 aromatic heterocycles. The predicted molar refractivity (Wildman–Crippen MR) is 56.3 cm³/mol. The number of hydrogen-bond acceptors (Lipinski definition) is 3. The molecule has 14 heavy (non-hydrogen) atoms. The second-order valence-corrected chi connectivity index (χ2v) is 3.42. The summed E-state index contributed by atoms with van der Waals surface area (Å²) in [5, 5.41) is 0. The van der Waals surface area contributed by atoms with Crippen LogP contribution in [0.4, 0.5) is 0 Å². The molecule has 3 nitrogen and oxygen atoms in total. The standard InChI is InChI=1S/C10H15NO2.CH4/c1-9-2-5-13-10(9)8-11-3-6-12-7-4-11;/h2,5H,3-4,6-8H2,1H3;1H4. The van der Waals surface area contributed by atoms with Crippen LogP contribution in [-0.2, 0) is 11.3 Å². The van der Waals surface area contributed by atoms with Crippen LogP contribution < -0.4 is 0 Å². The molecule has 80 valence electrons. The molecule has 1 aromatic rings. The molecule has 2 rings (SSSR count). The Morgan fingerprint density at radius 2 is 2.07 bits per heavy atom. The van der Waals surface area contributed by atoms with Crippen molar-refractivity contribution in [2.45, 2.75) is 20.9 Å². The van der Waals surface area contributed by atoms with Gasteiger partial charge in [0.1, 0.15) is 5.76 Å². The minimum absolute atomic E-state index is 0. The molecular formula is C11H19NO2. The lowest BCUT2D eigenvalue weighted by Crippen LogP contribution is -2.35. The topological polar surface area (TPSA) is 25.6 Å². The van der Waals surface area contributed by atoms with E-state index >= 15 is 0 Å². The lowest BCUT2D eigenvalue weighted by Gasteiger charge is -2.25. The average molecular weight is 197 g/mol. The molecule has 0 amide bonds. The summed E-state index contributed by atoms with van der Waals surface area (Å²) in [5.41, 5.74) is 1.24. The Morgan fingerprint density at radius 1 is 1.36 bits per heavy atom. The Kier molecular flexibility index (Phi) is 4.17. The van der Waals surface area contributed by atoms with Crippen LogP contribution >= 0.6 is 0 Å². The molecular weight excluding hydrogens is 178 g/mol. The number of hydrogen-bond donors (Lipinski definition) is 0. The maximum Gasteiger partial charge on any atom is 0.120 e. The highest BCUT2D eigenvalue weighted by Crippen LogP contribution is 2.12. The van der Waals surface area contributed by atoms with Gasteiger partial charge < -0.3 is 9.15 Å². The van der Waals surface area contributed by atoms with Crippen LogP contribution in [0.3, 0.4) is 0 Å². The second kappa shape index (κ2) is 5.17. The molecule has 2 heterocycles. The molecule has 1 fully saturated rings. The van der Waals surface area contributed by atoms with E-state index in [0.29, 0.717) is 0 Å². The molecule has 3 heteroatoms. The lowest BCUT2D eigenvalue weighted by molar-refractivity contribution is 0.0312. The fourth-order valence-electron chi connectivity index (χ4n) is 1.53. The molecule has 0 aromatic carbocycles. The zero-order chi connectivity index (χ0) is 9.10. The van der Waals surface area contributed by atoms with Crippen LogP contribution in [-0.4, -0.2) is 31.2 Å². The van der Waals surface area contributed by atoms with E-state index in [-0.39, 0.29) is 7.43 Å². The molecule has 0 N–H and O–H groups in total. The van der Waals surface area contributed by atoms with Gasteiger partial charge in [-0.25, -0.2) is 0 Å². The van der Waals surface area contributed by atoms with E-state index in [1.165, 1.54) is 5.56 Å². The third kappa shape index (κ3) is 2.59. The number of ether oxygens (including phenoxy) is 1. The summed E-state index contributed by atoms with van der Waals surface area (Å²) >= 11 is 0. The minimum Gasteiger partial charge on any atom is -0.468 e. The number of aryl methyl sites for hydroxylation is 1. The molecule has 1 aliphatic heterocycles. The first kappa shape index (κ1) is 11.3. The van der Waals surface area contributed by atoms with Crippen molar-refractivity contribution < 1.29 is 9.15 Å². The molecule has 0 unspecified atom stereocenters. The van der Waals surface area contributed by atoms with Gasteiger partial charge in [-0.1, -0.05) is 7.43 Å². The van der Waals surface area contributed by atoms with Gasteiger partial charge in [0.15, 0.2) is 0 Å². The van der Waals surface area contributed by atoms with E-state index in [2.05, 4.69) is 11.8 Å². The average Bonchev–Trinajstić information content (AvgIpc) is 2.54. The third-order valence-corrected chi connectivity index (χ3v) is 2.44. The van der Waals surface area contributed by atoms with Gasteiger partial charge in [0, 0.05) is 13.1 Å². The summed E-state index contributed by atoms with van der Waals surface area (Å²) in [6.45, 7) is 6.72. The summed E-state index contributed by atoms with van der Waals surface area (Å²) in [6, 6.07) is 2.01. The number of furan rings is 1. The first-order valence-electron chi connectivity index (χ1n) is 4.69. The molecule has 0 atom stereocenters. The lowest BCUT2D eigenvalue weighted by atomic mass is 10.2. The summed E-state index contributed by atoms with van der Waals surface area (Å²) in [6.07, 6.45) is 1.76. The monoisotopic (exact) mass is 197 g/mol. The van der Waals surface area contributed by atoms with Crippen molar-refractivity contribution in [3.8, 4) is 0 Å². The van der Waals surface area contributed by atoms with Crippen LogP contribution in [0.25, 0.3) is 0 Å². The zero-order valence-electron chi connectivity index (χ0n) is 7.95. The summed E-state index contributed by atoms with van der Waals surface area (Å²) in [5.74, 6) is 1.09. The highest BCUT2D eigenvalue weighted by atomic mass is 16.5. The number of morpholine rings is 1. The molecule has 0 spiro atoms. The molecule has 0 bridgehead atoms. The van der Waals surface area contributed by atoms with E-state index in [4.69, 9.17) is 9.15 Å². The van der Waals surface area contributed by atoms with Gasteiger partial charge in [-0.15, -0.1) is 0 Å². The minimum atomic E-state index is 0. The van der Waals surface area contributed by atoms with E-state index in [0.717, 1.165) is 38.6 Å². The SMILES string of the molecule is C.Cc1ccoc1CN1CCOCC1. The van der Waals surface area contributed by atoms with Crippen LogP contribution in [0, 0.1) is 6.92 Å². The van der Waals surface area contributed by atoms with Gasteiger partial charge in [0.05, 0.1) is 26.0 Å². The van der Waals surface area contributed by atoms with E-state index in [1.807, 2.05) is 6.07 Å². The van der Waals surface area contributed by atoms with Gasteiger partial charge in [0.25, 0.3) is 0 Å². The molecule has 0 aliphatic carbocycles. The largest absolute Gasteiger partial charge is 0.468 e. The van der Waals surface area contributed by atoms with E-state index in [9.17, 15) is 0 Å². The van der Waals surface area contributed by atoms with Gasteiger partial charge in [-0.2, -0.15) is 0 Å². The molecule has 0 radical (unpaired) electrons. The third-order valence-electron chi connectivity index (χ3n) is 2.44. The van der Waals surface area contributed by atoms with Gasteiger partial charge in [0.2, 0.25) is 0 Å². The van der Waals surface area contributed by atoms with Crippen LogP contribution in [0.5, 0.6) is 0 Å². The maximum atomic E-state index is 5.38. The second-order valence-electron chi connectivity index (χ2n) is 3.42. The fourth-order valence-corrected chi connectivity index (χ4v) is 1.53. The van der Waals surface area contributed by atoms with Gasteiger partial charge in [-0.05, 0) is 18.6 Å². The first-order valence-corrected chi connectivity index (χ1v) is 4.69. The van der Waals surface area contributed by atoms with Crippen molar-refractivity contribution >= 4 is 0 Å². The molecule has 1 saturated heterocycles. The van der Waals surface area contributed by atoms with Crippen LogP contribution in [0.2, 0.25) is 0 Å². The van der Waals surface area contributed by atoms with Crippen LogP contribution in [0.15, 0.2) is 16.7 Å². The van der Waals surface area contributed by atoms with Gasteiger partial charge in [-0.3, -0.25) is 4.90 Å². The molecule has 0 saturated carbocycles. The summed E-state index contributed by atoms with van der Waals surface area (Å²) in [4.78, 5) is 2.36. The highest BCUT2D eigenvalue weighted by Gasteiger charge is 2.12. The quantitative estimate of drug-likeness (QED) is 0.725. The first-order chi connectivity index (χ1) is 6.36. The van der Waals surface area contributed by atoms with Crippen molar-refractivity contribution in [3.63, 3.8) is 0 Å². The highest BCUT2D eigenvalue weighted by molar-refractivity contribution is 5.14. The predicted octanol–water partition coefficient (Wildman–Crippen LogP) is 2.06.